The van der Waals surface area contributed by atoms with E-state index in [1.807, 2.05) is 0 Å². The van der Waals surface area contributed by atoms with E-state index in [1.165, 1.54) is 0 Å². The molecule has 17 heteroatoms. The normalized spacial score (nSPS) is 20.5. The van der Waals surface area contributed by atoms with Gasteiger partial charge in [0.1, 0.15) is 6.61 Å². The van der Waals surface area contributed by atoms with Crippen LogP contribution in [0.15, 0.2) is 0 Å². The molecule has 1 unspecified atom stereocenters. The number of ether oxygens (including phenoxy) is 3. The molecule has 27 heavy (non-hydrogen) atoms. The van der Waals surface area contributed by atoms with Crippen molar-refractivity contribution < 1.29 is 76.1 Å². The minimum Gasteiger partial charge on any atom is -0.430 e. The average Bonchev–Trinajstić information content (AvgIpc) is 2.89. The van der Waals surface area contributed by atoms with Gasteiger partial charge >= 0.3 is 42.1 Å². The summed E-state index contributed by atoms with van der Waals surface area (Å²) < 4.78 is 176. The molecule has 1 rings (SSSR count). The number of cyclic esters (lactones) is 2. The average molecular weight is 436 g/mol. The third-order valence-corrected chi connectivity index (χ3v) is 3.01. The van der Waals surface area contributed by atoms with Gasteiger partial charge in [-0.05, 0) is 0 Å². The lowest BCUT2D eigenvalue weighted by molar-refractivity contribution is -0.466. The molecule has 0 bridgehead atoms. The second kappa shape index (κ2) is 6.44. The van der Waals surface area contributed by atoms with E-state index in [1.54, 1.807) is 0 Å². The molecule has 0 aromatic heterocycles. The topological polar surface area (TPSA) is 44.8 Å². The third kappa shape index (κ3) is 3.56. The second-order valence-electron chi connectivity index (χ2n) is 4.92. The molecule has 4 nitrogen and oxygen atoms in total. The van der Waals surface area contributed by atoms with Crippen molar-refractivity contribution in [2.45, 2.75) is 42.1 Å². The van der Waals surface area contributed by atoms with Crippen molar-refractivity contribution in [3.05, 3.63) is 0 Å². The van der Waals surface area contributed by atoms with Gasteiger partial charge in [0.2, 0.25) is 0 Å². The number of hydrogen-bond donors (Lipinski definition) is 0. The highest BCUT2D eigenvalue weighted by Gasteiger charge is 2.91. The predicted molar refractivity (Wildman–Crippen MR) is 53.0 cm³/mol. The van der Waals surface area contributed by atoms with Gasteiger partial charge in [0.15, 0.2) is 6.10 Å². The molecule has 1 aliphatic heterocycles. The Morgan fingerprint density at radius 1 is 0.778 bits per heavy atom. The zero-order chi connectivity index (χ0) is 21.7. The summed E-state index contributed by atoms with van der Waals surface area (Å²) >= 11 is 0. The molecule has 0 aromatic rings. The van der Waals surface area contributed by atoms with Crippen LogP contribution in [0.5, 0.6) is 0 Å². The fraction of sp³-hybridized carbons (Fsp3) is 0.900. The minimum absolute atomic E-state index is 0.917. The van der Waals surface area contributed by atoms with Crippen LogP contribution in [0.1, 0.15) is 0 Å². The van der Waals surface area contributed by atoms with Crippen molar-refractivity contribution in [2.24, 2.45) is 0 Å². The molecule has 1 aliphatic rings. The molecule has 0 aromatic carbocycles. The Labute approximate surface area is 139 Å². The first-order valence-electron chi connectivity index (χ1n) is 6.15. The van der Waals surface area contributed by atoms with Gasteiger partial charge < -0.3 is 14.2 Å². The summed E-state index contributed by atoms with van der Waals surface area (Å²) in [5, 5.41) is 0. The van der Waals surface area contributed by atoms with Crippen LogP contribution in [-0.2, 0) is 14.2 Å². The van der Waals surface area contributed by atoms with Crippen molar-refractivity contribution in [1.29, 1.82) is 0 Å². The first-order chi connectivity index (χ1) is 11.7. The molecule has 0 N–H and O–H groups in total. The van der Waals surface area contributed by atoms with Gasteiger partial charge in [0, 0.05) is 0 Å². The lowest BCUT2D eigenvalue weighted by atomic mass is 9.97. The highest BCUT2D eigenvalue weighted by molar-refractivity contribution is 5.61. The fourth-order valence-corrected chi connectivity index (χ4v) is 1.49. The first kappa shape index (κ1) is 23.4. The Morgan fingerprint density at radius 3 is 1.59 bits per heavy atom. The number of carbonyl (C=O) groups excluding carboxylic acids is 1. The van der Waals surface area contributed by atoms with Crippen LogP contribution < -0.4 is 0 Å². The van der Waals surface area contributed by atoms with Crippen molar-refractivity contribution >= 4 is 6.16 Å². The number of hydrogen-bond acceptors (Lipinski definition) is 4. The van der Waals surface area contributed by atoms with Crippen molar-refractivity contribution in [3.63, 3.8) is 0 Å². The Bertz CT molecular complexity index is 570. The van der Waals surface area contributed by atoms with Crippen LogP contribution in [0.3, 0.4) is 0 Å². The van der Waals surface area contributed by atoms with E-state index in [0.29, 0.717) is 0 Å². The SMILES string of the molecule is O=C1OCC(COC(F)(F)C(F)(F)C(F)(F)C(F)(F)C(F)(F)C(F)(F)F)O1. The highest BCUT2D eigenvalue weighted by Crippen LogP contribution is 2.60. The largest absolute Gasteiger partial charge is 0.508 e. The van der Waals surface area contributed by atoms with Gasteiger partial charge in [-0.15, -0.1) is 0 Å². The Kier molecular flexibility index (Phi) is 5.57. The molecular formula is C10H5F13O4. The monoisotopic (exact) mass is 436 g/mol. The Morgan fingerprint density at radius 2 is 1.22 bits per heavy atom. The molecule has 1 fully saturated rings. The Balaban J connectivity index is 3.15. The maximum absolute atomic E-state index is 13.2. The molecule has 0 spiro atoms. The lowest BCUT2D eigenvalue weighted by Crippen LogP contribution is -2.70. The molecule has 1 atom stereocenters. The highest BCUT2D eigenvalue weighted by atomic mass is 19.4. The van der Waals surface area contributed by atoms with E-state index in [2.05, 4.69) is 14.2 Å². The third-order valence-electron chi connectivity index (χ3n) is 3.01. The van der Waals surface area contributed by atoms with E-state index in [4.69, 9.17) is 0 Å². The smallest absolute Gasteiger partial charge is 0.430 e. The van der Waals surface area contributed by atoms with E-state index in [9.17, 15) is 61.9 Å². The molecule has 160 valence electrons. The molecule has 0 aliphatic carbocycles. The number of rotatable bonds is 7. The summed E-state index contributed by atoms with van der Waals surface area (Å²) in [4.78, 5) is 10.4. The fourth-order valence-electron chi connectivity index (χ4n) is 1.49. The molecule has 1 heterocycles. The molecule has 0 saturated carbocycles. The summed E-state index contributed by atoms with van der Waals surface area (Å²) in [6.07, 6.45) is -17.6. The van der Waals surface area contributed by atoms with Crippen molar-refractivity contribution in [3.8, 4) is 0 Å². The summed E-state index contributed by atoms with van der Waals surface area (Å²) in [6, 6.07) is 0. The quantitative estimate of drug-likeness (QED) is 0.443. The number of carbonyl (C=O) groups is 1. The zero-order valence-electron chi connectivity index (χ0n) is 12.0. The van der Waals surface area contributed by atoms with E-state index >= 15 is 0 Å². The minimum atomic E-state index is -8.00. The zero-order valence-corrected chi connectivity index (χ0v) is 12.0. The van der Waals surface area contributed by atoms with Crippen LogP contribution in [-0.4, -0.2) is 61.4 Å². The standard InChI is InChI=1S/C10H5F13O4/c11-5(12,7(15,16)9(19,20)21)6(13,14)8(17,18)10(22,23)26-2-3-1-25-4(24)27-3/h3H,1-2H2. The van der Waals surface area contributed by atoms with Crippen LogP contribution in [0.2, 0.25) is 0 Å². The predicted octanol–water partition coefficient (Wildman–Crippen LogP) is 4.23. The van der Waals surface area contributed by atoms with E-state index in [0.717, 1.165) is 0 Å². The van der Waals surface area contributed by atoms with Gasteiger partial charge in [0.05, 0.1) is 6.61 Å². The first-order valence-corrected chi connectivity index (χ1v) is 6.15. The molecular weight excluding hydrogens is 431 g/mol. The summed E-state index contributed by atoms with van der Waals surface area (Å²) in [5.41, 5.74) is 0. The van der Waals surface area contributed by atoms with Crippen molar-refractivity contribution in [2.75, 3.05) is 13.2 Å². The summed E-state index contributed by atoms with van der Waals surface area (Å²) in [7, 11) is 0. The number of alkyl halides is 13. The summed E-state index contributed by atoms with van der Waals surface area (Å²) in [5.74, 6) is -31.3. The van der Waals surface area contributed by atoms with Gasteiger partial charge in [-0.25, -0.2) is 4.79 Å². The van der Waals surface area contributed by atoms with Gasteiger partial charge in [-0.3, -0.25) is 0 Å². The van der Waals surface area contributed by atoms with Crippen LogP contribution in [0, 0.1) is 0 Å². The van der Waals surface area contributed by atoms with Crippen molar-refractivity contribution in [1.82, 2.24) is 0 Å². The molecule has 0 radical (unpaired) electrons. The van der Waals surface area contributed by atoms with Crippen LogP contribution in [0.25, 0.3) is 0 Å². The Hall–Kier alpha value is -1.68. The van der Waals surface area contributed by atoms with Gasteiger partial charge in [-0.2, -0.15) is 57.1 Å². The lowest BCUT2D eigenvalue weighted by Gasteiger charge is -2.39. The second-order valence-corrected chi connectivity index (χ2v) is 4.92. The van der Waals surface area contributed by atoms with Gasteiger partial charge in [0.25, 0.3) is 0 Å². The van der Waals surface area contributed by atoms with Crippen LogP contribution >= 0.6 is 0 Å². The van der Waals surface area contributed by atoms with Gasteiger partial charge in [-0.1, -0.05) is 0 Å². The van der Waals surface area contributed by atoms with Crippen LogP contribution in [0.4, 0.5) is 61.9 Å². The molecule has 1 saturated heterocycles. The number of halogens is 13. The maximum Gasteiger partial charge on any atom is 0.508 e. The molecule has 0 amide bonds. The maximum atomic E-state index is 13.2. The summed E-state index contributed by atoms with van der Waals surface area (Å²) in [6.45, 7) is -2.79. The van der Waals surface area contributed by atoms with E-state index in [-0.39, 0.29) is 0 Å². The van der Waals surface area contributed by atoms with E-state index < -0.39 is 61.4 Å².